The molecule has 0 unspecified atom stereocenters. The van der Waals surface area contributed by atoms with Gasteiger partial charge in [0.2, 0.25) is 0 Å². The number of hydrogen-bond donors (Lipinski definition) is 0. The van der Waals surface area contributed by atoms with E-state index in [1.807, 2.05) is 36.4 Å². The topological polar surface area (TPSA) is 9.23 Å². The van der Waals surface area contributed by atoms with Gasteiger partial charge in [-0.1, -0.05) is 0 Å². The van der Waals surface area contributed by atoms with Crippen molar-refractivity contribution in [3.63, 3.8) is 0 Å². The molecule has 0 aliphatic carbocycles. The van der Waals surface area contributed by atoms with Crippen molar-refractivity contribution in [3.05, 3.63) is 27.1 Å². The SMILES string of the molecule is CCOc1cc(C)cc(I)c1F. The van der Waals surface area contributed by atoms with Crippen molar-refractivity contribution in [2.75, 3.05) is 6.61 Å². The summed E-state index contributed by atoms with van der Waals surface area (Å²) in [6.45, 7) is 4.26. The maximum Gasteiger partial charge on any atom is 0.178 e. The highest BCUT2D eigenvalue weighted by molar-refractivity contribution is 14.1. The first-order valence-electron chi connectivity index (χ1n) is 3.73. The molecule has 0 aliphatic rings. The second-order valence-electron chi connectivity index (χ2n) is 2.49. The molecule has 1 rings (SSSR count). The van der Waals surface area contributed by atoms with Gasteiger partial charge in [-0.2, -0.15) is 0 Å². The average molecular weight is 280 g/mol. The monoisotopic (exact) mass is 280 g/mol. The van der Waals surface area contributed by atoms with Gasteiger partial charge in [-0.15, -0.1) is 0 Å². The van der Waals surface area contributed by atoms with Crippen molar-refractivity contribution >= 4 is 22.6 Å². The van der Waals surface area contributed by atoms with Crippen molar-refractivity contribution in [2.45, 2.75) is 13.8 Å². The van der Waals surface area contributed by atoms with Gasteiger partial charge in [0.1, 0.15) is 0 Å². The average Bonchev–Trinajstić information content (AvgIpc) is 2.00. The fourth-order valence-electron chi connectivity index (χ4n) is 0.953. The van der Waals surface area contributed by atoms with E-state index in [0.717, 1.165) is 5.56 Å². The lowest BCUT2D eigenvalue weighted by Crippen LogP contribution is -1.96. The summed E-state index contributed by atoms with van der Waals surface area (Å²) >= 11 is 1.96. The lowest BCUT2D eigenvalue weighted by Gasteiger charge is -2.06. The zero-order chi connectivity index (χ0) is 9.14. The zero-order valence-corrected chi connectivity index (χ0v) is 9.18. The molecule has 0 spiro atoms. The van der Waals surface area contributed by atoms with E-state index < -0.39 is 0 Å². The summed E-state index contributed by atoms with van der Waals surface area (Å²) in [5.74, 6) is 0.0879. The summed E-state index contributed by atoms with van der Waals surface area (Å²) in [5.41, 5.74) is 1.02. The van der Waals surface area contributed by atoms with E-state index in [0.29, 0.717) is 15.9 Å². The molecule has 0 N–H and O–H groups in total. The predicted molar refractivity (Wildman–Crippen MR) is 55.0 cm³/mol. The normalized spacial score (nSPS) is 10.0. The van der Waals surface area contributed by atoms with Crippen LogP contribution in [0.15, 0.2) is 12.1 Å². The van der Waals surface area contributed by atoms with Gasteiger partial charge in [0.05, 0.1) is 10.2 Å². The van der Waals surface area contributed by atoms with E-state index >= 15 is 0 Å². The summed E-state index contributed by atoms with van der Waals surface area (Å²) in [6, 6.07) is 3.50. The molecule has 0 bridgehead atoms. The Morgan fingerprint density at radius 3 is 2.75 bits per heavy atom. The molecule has 0 aromatic heterocycles. The smallest absolute Gasteiger partial charge is 0.178 e. The summed E-state index contributed by atoms with van der Waals surface area (Å²) in [5, 5.41) is 0. The fraction of sp³-hybridized carbons (Fsp3) is 0.333. The Hall–Kier alpha value is -0.320. The van der Waals surface area contributed by atoms with Gasteiger partial charge in [-0.05, 0) is 54.1 Å². The van der Waals surface area contributed by atoms with Crippen molar-refractivity contribution < 1.29 is 9.13 Å². The largest absolute Gasteiger partial charge is 0.491 e. The number of hydrogen-bond acceptors (Lipinski definition) is 1. The van der Waals surface area contributed by atoms with Crippen LogP contribution in [-0.2, 0) is 0 Å². The van der Waals surface area contributed by atoms with Crippen molar-refractivity contribution in [2.24, 2.45) is 0 Å². The predicted octanol–water partition coefficient (Wildman–Crippen LogP) is 3.14. The van der Waals surface area contributed by atoms with Gasteiger partial charge in [0, 0.05) is 0 Å². The van der Waals surface area contributed by atoms with Gasteiger partial charge in [0.25, 0.3) is 0 Å². The molecule has 0 amide bonds. The minimum absolute atomic E-state index is 0.261. The molecular weight excluding hydrogens is 270 g/mol. The molecule has 0 radical (unpaired) electrons. The highest BCUT2D eigenvalue weighted by atomic mass is 127. The second-order valence-corrected chi connectivity index (χ2v) is 3.65. The highest BCUT2D eigenvalue weighted by Gasteiger charge is 2.07. The Labute approximate surface area is 85.1 Å². The molecule has 1 aromatic carbocycles. The third-order valence-electron chi connectivity index (χ3n) is 1.44. The number of rotatable bonds is 2. The van der Waals surface area contributed by atoms with Gasteiger partial charge in [0.15, 0.2) is 11.6 Å². The second kappa shape index (κ2) is 4.07. The summed E-state index contributed by atoms with van der Waals surface area (Å²) in [4.78, 5) is 0. The lowest BCUT2D eigenvalue weighted by molar-refractivity contribution is 0.320. The third-order valence-corrected chi connectivity index (χ3v) is 2.22. The summed E-state index contributed by atoms with van der Waals surface area (Å²) < 4.78 is 19.0. The maximum atomic E-state index is 13.2. The van der Waals surface area contributed by atoms with Crippen molar-refractivity contribution in [3.8, 4) is 5.75 Å². The van der Waals surface area contributed by atoms with Crippen LogP contribution < -0.4 is 4.74 Å². The van der Waals surface area contributed by atoms with E-state index in [2.05, 4.69) is 0 Å². The Kier molecular flexibility index (Phi) is 3.31. The van der Waals surface area contributed by atoms with Crippen LogP contribution in [0.1, 0.15) is 12.5 Å². The van der Waals surface area contributed by atoms with Gasteiger partial charge < -0.3 is 4.74 Å². The number of ether oxygens (including phenoxy) is 1. The van der Waals surface area contributed by atoms with Crippen LogP contribution in [0.5, 0.6) is 5.75 Å². The van der Waals surface area contributed by atoms with Gasteiger partial charge in [-0.25, -0.2) is 4.39 Å². The number of halogens is 2. The van der Waals surface area contributed by atoms with E-state index in [1.165, 1.54) is 0 Å². The minimum atomic E-state index is -0.261. The first-order chi connectivity index (χ1) is 5.65. The van der Waals surface area contributed by atoms with Crippen LogP contribution >= 0.6 is 22.6 Å². The Bertz CT molecular complexity index is 286. The first-order valence-corrected chi connectivity index (χ1v) is 4.81. The Balaban J connectivity index is 3.09. The standard InChI is InChI=1S/C9H10FIO/c1-3-12-8-5-6(2)4-7(11)9(8)10/h4-5H,3H2,1-2H3. The van der Waals surface area contributed by atoms with E-state index in [1.54, 1.807) is 12.1 Å². The molecule has 0 saturated carbocycles. The molecule has 0 saturated heterocycles. The van der Waals surface area contributed by atoms with Crippen LogP contribution in [0.25, 0.3) is 0 Å². The number of aryl methyl sites for hydroxylation is 1. The third kappa shape index (κ3) is 2.09. The minimum Gasteiger partial charge on any atom is -0.491 e. The van der Waals surface area contributed by atoms with E-state index in [4.69, 9.17) is 4.74 Å². The molecule has 12 heavy (non-hydrogen) atoms. The molecule has 1 aromatic rings. The number of benzene rings is 1. The Morgan fingerprint density at radius 2 is 2.17 bits per heavy atom. The van der Waals surface area contributed by atoms with E-state index in [9.17, 15) is 4.39 Å². The molecule has 0 heterocycles. The molecule has 66 valence electrons. The molecule has 1 nitrogen and oxygen atoms in total. The molecule has 3 heteroatoms. The molecule has 0 fully saturated rings. The highest BCUT2D eigenvalue weighted by Crippen LogP contribution is 2.23. The summed E-state index contributed by atoms with van der Waals surface area (Å²) in [7, 11) is 0. The summed E-state index contributed by atoms with van der Waals surface area (Å²) in [6.07, 6.45) is 0. The van der Waals surface area contributed by atoms with Crippen molar-refractivity contribution in [1.29, 1.82) is 0 Å². The maximum absolute atomic E-state index is 13.2. The first kappa shape index (κ1) is 9.77. The molecule has 0 aliphatic heterocycles. The van der Waals surface area contributed by atoms with Crippen LogP contribution in [0.3, 0.4) is 0 Å². The van der Waals surface area contributed by atoms with Crippen molar-refractivity contribution in [1.82, 2.24) is 0 Å². The lowest BCUT2D eigenvalue weighted by atomic mass is 10.2. The zero-order valence-electron chi connectivity index (χ0n) is 7.03. The van der Waals surface area contributed by atoms with Crippen LogP contribution in [0.4, 0.5) is 4.39 Å². The van der Waals surface area contributed by atoms with E-state index in [-0.39, 0.29) is 5.82 Å². The van der Waals surface area contributed by atoms with Crippen LogP contribution in [0.2, 0.25) is 0 Å². The van der Waals surface area contributed by atoms with Gasteiger partial charge in [-0.3, -0.25) is 0 Å². The molecule has 0 atom stereocenters. The van der Waals surface area contributed by atoms with Gasteiger partial charge >= 0.3 is 0 Å². The quantitative estimate of drug-likeness (QED) is 0.756. The fourth-order valence-corrected chi connectivity index (χ4v) is 1.71. The molecular formula is C9H10FIO. The van der Waals surface area contributed by atoms with Crippen LogP contribution in [-0.4, -0.2) is 6.61 Å². The van der Waals surface area contributed by atoms with Crippen LogP contribution in [0, 0.1) is 16.3 Å². The Morgan fingerprint density at radius 1 is 1.50 bits per heavy atom.